The number of ether oxygens (including phenoxy) is 2. The fraction of sp³-hybridized carbons (Fsp3) is 0.750. The Hall–Kier alpha value is -1.09. The molecule has 164 valence electrons. The van der Waals surface area contributed by atoms with Crippen LogP contribution in [0.3, 0.4) is 0 Å². The minimum Gasteiger partial charge on any atom is -0.493 e. The topological polar surface area (TPSA) is 30.5 Å². The molecule has 0 aliphatic rings. The first-order valence-electron chi connectivity index (χ1n) is 11.3. The van der Waals surface area contributed by atoms with Gasteiger partial charge in [0.2, 0.25) is 0 Å². The molecule has 0 heterocycles. The molecule has 0 amide bonds. The van der Waals surface area contributed by atoms with Crippen LogP contribution >= 0.6 is 12.4 Å². The van der Waals surface area contributed by atoms with Gasteiger partial charge < -0.3 is 14.8 Å². The quantitative estimate of drug-likeness (QED) is 0.247. The summed E-state index contributed by atoms with van der Waals surface area (Å²) in [6.45, 7) is 3.31. The van der Waals surface area contributed by atoms with Crippen LogP contribution in [0.4, 0.5) is 5.69 Å². The van der Waals surface area contributed by atoms with Gasteiger partial charge in [0.15, 0.2) is 11.5 Å². The molecule has 4 heteroatoms. The zero-order valence-corrected chi connectivity index (χ0v) is 19.4. The lowest BCUT2D eigenvalue weighted by atomic mass is 10.0. The Bertz CT molecular complexity index is 468. The summed E-state index contributed by atoms with van der Waals surface area (Å²) in [5.74, 6) is 1.56. The third-order valence-corrected chi connectivity index (χ3v) is 5.24. The summed E-state index contributed by atoms with van der Waals surface area (Å²) < 4.78 is 10.6. The number of benzene rings is 1. The SMILES string of the molecule is CCCCCCCCCCCCCCCCNc1ccc(OC)c(OC)c1.Cl. The molecule has 0 spiro atoms. The van der Waals surface area contributed by atoms with Crippen molar-refractivity contribution in [2.24, 2.45) is 0 Å². The molecule has 28 heavy (non-hydrogen) atoms. The van der Waals surface area contributed by atoms with Gasteiger partial charge in [-0.15, -0.1) is 12.4 Å². The van der Waals surface area contributed by atoms with Gasteiger partial charge in [-0.25, -0.2) is 0 Å². The molecule has 0 unspecified atom stereocenters. The molecule has 1 rings (SSSR count). The number of hydrogen-bond acceptors (Lipinski definition) is 3. The highest BCUT2D eigenvalue weighted by atomic mass is 35.5. The maximum atomic E-state index is 5.34. The standard InChI is InChI=1S/C24H43NO2.ClH/c1-4-5-6-7-8-9-10-11-12-13-14-15-16-17-20-25-22-18-19-23(26-2)24(21-22)27-3;/h18-19,21,25H,4-17,20H2,1-3H3;1H. The van der Waals surface area contributed by atoms with Gasteiger partial charge in [0, 0.05) is 18.3 Å². The molecule has 0 saturated heterocycles. The van der Waals surface area contributed by atoms with Crippen molar-refractivity contribution in [3.63, 3.8) is 0 Å². The normalized spacial score (nSPS) is 10.4. The lowest BCUT2D eigenvalue weighted by molar-refractivity contribution is 0.355. The number of anilines is 1. The molecule has 0 saturated carbocycles. The first-order valence-corrected chi connectivity index (χ1v) is 11.3. The second-order valence-electron chi connectivity index (χ2n) is 7.59. The predicted molar refractivity (Wildman–Crippen MR) is 126 cm³/mol. The van der Waals surface area contributed by atoms with E-state index >= 15 is 0 Å². The minimum atomic E-state index is 0. The summed E-state index contributed by atoms with van der Waals surface area (Å²) in [7, 11) is 3.34. The van der Waals surface area contributed by atoms with Crippen molar-refractivity contribution in [2.75, 3.05) is 26.1 Å². The molecular formula is C24H44ClNO2. The van der Waals surface area contributed by atoms with Gasteiger partial charge in [-0.2, -0.15) is 0 Å². The average molecular weight is 414 g/mol. The van der Waals surface area contributed by atoms with E-state index in [1.54, 1.807) is 14.2 Å². The maximum absolute atomic E-state index is 5.34. The van der Waals surface area contributed by atoms with Crippen molar-refractivity contribution in [1.29, 1.82) is 0 Å². The molecule has 1 N–H and O–H groups in total. The average Bonchev–Trinajstić information content (AvgIpc) is 2.70. The Morgan fingerprint density at radius 3 is 1.57 bits per heavy atom. The van der Waals surface area contributed by atoms with Crippen LogP contribution in [-0.4, -0.2) is 20.8 Å². The van der Waals surface area contributed by atoms with Gasteiger partial charge in [-0.1, -0.05) is 90.4 Å². The Kier molecular flexibility index (Phi) is 18.5. The first-order chi connectivity index (χ1) is 13.3. The molecule has 0 aliphatic carbocycles. The smallest absolute Gasteiger partial charge is 0.162 e. The van der Waals surface area contributed by atoms with Crippen LogP contribution in [0.25, 0.3) is 0 Å². The van der Waals surface area contributed by atoms with Crippen LogP contribution in [0.2, 0.25) is 0 Å². The number of rotatable bonds is 18. The Balaban J connectivity index is 0.00000729. The summed E-state index contributed by atoms with van der Waals surface area (Å²) in [6, 6.07) is 6.00. The van der Waals surface area contributed by atoms with E-state index in [0.29, 0.717) is 0 Å². The fourth-order valence-electron chi connectivity index (χ4n) is 3.50. The van der Waals surface area contributed by atoms with E-state index in [0.717, 1.165) is 23.7 Å². The van der Waals surface area contributed by atoms with Crippen LogP contribution in [0, 0.1) is 0 Å². The van der Waals surface area contributed by atoms with Crippen LogP contribution < -0.4 is 14.8 Å². The van der Waals surface area contributed by atoms with Gasteiger partial charge in [0.25, 0.3) is 0 Å². The Labute approximate surface area is 180 Å². The van der Waals surface area contributed by atoms with Gasteiger partial charge in [0.1, 0.15) is 0 Å². The first kappa shape index (κ1) is 26.9. The molecule has 1 aromatic rings. The summed E-state index contributed by atoms with van der Waals surface area (Å²) >= 11 is 0. The zero-order valence-electron chi connectivity index (χ0n) is 18.6. The van der Waals surface area contributed by atoms with Crippen LogP contribution in [0.5, 0.6) is 11.5 Å². The van der Waals surface area contributed by atoms with Crippen molar-refractivity contribution in [2.45, 2.75) is 96.8 Å². The van der Waals surface area contributed by atoms with Crippen molar-refractivity contribution < 1.29 is 9.47 Å². The summed E-state index contributed by atoms with van der Waals surface area (Å²) in [4.78, 5) is 0. The number of nitrogens with one attached hydrogen (secondary N) is 1. The van der Waals surface area contributed by atoms with Crippen molar-refractivity contribution in [1.82, 2.24) is 0 Å². The van der Waals surface area contributed by atoms with E-state index in [-0.39, 0.29) is 12.4 Å². The lowest BCUT2D eigenvalue weighted by Gasteiger charge is -2.11. The van der Waals surface area contributed by atoms with Crippen molar-refractivity contribution >= 4 is 18.1 Å². The molecule has 3 nitrogen and oxygen atoms in total. The second kappa shape index (κ2) is 19.2. The second-order valence-corrected chi connectivity index (χ2v) is 7.59. The summed E-state index contributed by atoms with van der Waals surface area (Å²) in [5.41, 5.74) is 1.10. The number of hydrogen-bond donors (Lipinski definition) is 1. The van der Waals surface area contributed by atoms with E-state index in [2.05, 4.69) is 12.2 Å². The van der Waals surface area contributed by atoms with Gasteiger partial charge in [-0.3, -0.25) is 0 Å². The Morgan fingerprint density at radius 1 is 0.643 bits per heavy atom. The maximum Gasteiger partial charge on any atom is 0.162 e. The minimum absolute atomic E-state index is 0. The van der Waals surface area contributed by atoms with E-state index in [1.165, 1.54) is 89.9 Å². The molecule has 1 aromatic carbocycles. The van der Waals surface area contributed by atoms with Gasteiger partial charge >= 0.3 is 0 Å². The fourth-order valence-corrected chi connectivity index (χ4v) is 3.50. The largest absolute Gasteiger partial charge is 0.493 e. The highest BCUT2D eigenvalue weighted by Crippen LogP contribution is 2.29. The molecule has 0 aliphatic heterocycles. The van der Waals surface area contributed by atoms with Gasteiger partial charge in [-0.05, 0) is 18.6 Å². The van der Waals surface area contributed by atoms with Crippen LogP contribution in [0.1, 0.15) is 96.8 Å². The number of unbranched alkanes of at least 4 members (excludes halogenated alkanes) is 13. The Morgan fingerprint density at radius 2 is 1.11 bits per heavy atom. The van der Waals surface area contributed by atoms with Crippen LogP contribution in [-0.2, 0) is 0 Å². The number of methoxy groups -OCH3 is 2. The third-order valence-electron chi connectivity index (χ3n) is 5.24. The molecule has 0 radical (unpaired) electrons. The third kappa shape index (κ3) is 13.1. The summed E-state index contributed by atoms with van der Waals surface area (Å²) in [5, 5.41) is 3.48. The molecule has 0 aromatic heterocycles. The summed E-state index contributed by atoms with van der Waals surface area (Å²) in [6.07, 6.45) is 19.6. The van der Waals surface area contributed by atoms with E-state index in [1.807, 2.05) is 18.2 Å². The molecule has 0 atom stereocenters. The van der Waals surface area contributed by atoms with Crippen LogP contribution in [0.15, 0.2) is 18.2 Å². The highest BCUT2D eigenvalue weighted by molar-refractivity contribution is 5.85. The molecular weight excluding hydrogens is 370 g/mol. The monoisotopic (exact) mass is 413 g/mol. The lowest BCUT2D eigenvalue weighted by Crippen LogP contribution is -2.02. The molecule has 0 fully saturated rings. The number of halogens is 1. The van der Waals surface area contributed by atoms with Crippen molar-refractivity contribution in [3.8, 4) is 11.5 Å². The van der Waals surface area contributed by atoms with E-state index in [4.69, 9.17) is 9.47 Å². The predicted octanol–water partition coefficient (Wildman–Crippen LogP) is 8.02. The van der Waals surface area contributed by atoms with E-state index in [9.17, 15) is 0 Å². The molecule has 0 bridgehead atoms. The highest BCUT2D eigenvalue weighted by Gasteiger charge is 2.03. The van der Waals surface area contributed by atoms with Crippen molar-refractivity contribution in [3.05, 3.63) is 18.2 Å². The van der Waals surface area contributed by atoms with Gasteiger partial charge in [0.05, 0.1) is 14.2 Å². The zero-order chi connectivity index (χ0) is 19.6. The van der Waals surface area contributed by atoms with E-state index < -0.39 is 0 Å².